The number of amides is 1. The van der Waals surface area contributed by atoms with Gasteiger partial charge in [-0.3, -0.25) is 4.79 Å². The summed E-state index contributed by atoms with van der Waals surface area (Å²) < 4.78 is 33.4. The maximum atomic E-state index is 12.1. The number of carbonyl (C=O) groups is 2. The van der Waals surface area contributed by atoms with Crippen molar-refractivity contribution in [3.05, 3.63) is 65.7 Å². The quantitative estimate of drug-likeness (QED) is 0.780. The minimum absolute atomic E-state index is 0.0693. The Labute approximate surface area is 143 Å². The smallest absolute Gasteiger partial charge is 0.387 e. The van der Waals surface area contributed by atoms with E-state index in [1.807, 2.05) is 30.3 Å². The van der Waals surface area contributed by atoms with Crippen molar-refractivity contribution in [3.8, 4) is 5.75 Å². The lowest BCUT2D eigenvalue weighted by Crippen LogP contribution is -2.35. The molecule has 25 heavy (non-hydrogen) atoms. The van der Waals surface area contributed by atoms with Gasteiger partial charge < -0.3 is 14.8 Å². The van der Waals surface area contributed by atoms with Crippen molar-refractivity contribution in [2.24, 2.45) is 0 Å². The number of rotatable bonds is 7. The molecule has 1 N–H and O–H groups in total. The predicted molar refractivity (Wildman–Crippen MR) is 86.2 cm³/mol. The van der Waals surface area contributed by atoms with Gasteiger partial charge in [0.15, 0.2) is 6.10 Å². The first-order chi connectivity index (χ1) is 12.0. The van der Waals surface area contributed by atoms with E-state index in [9.17, 15) is 18.4 Å². The molecule has 0 aliphatic carbocycles. The van der Waals surface area contributed by atoms with Gasteiger partial charge in [-0.1, -0.05) is 30.3 Å². The van der Waals surface area contributed by atoms with Gasteiger partial charge in [0.2, 0.25) is 0 Å². The molecule has 0 aromatic heterocycles. The van der Waals surface area contributed by atoms with Gasteiger partial charge in [-0.05, 0) is 36.8 Å². The van der Waals surface area contributed by atoms with E-state index < -0.39 is 24.6 Å². The van der Waals surface area contributed by atoms with Gasteiger partial charge in [0.05, 0.1) is 5.56 Å². The summed E-state index contributed by atoms with van der Waals surface area (Å²) in [5.41, 5.74) is 1.05. The highest BCUT2D eigenvalue weighted by Crippen LogP contribution is 2.15. The summed E-state index contributed by atoms with van der Waals surface area (Å²) >= 11 is 0. The highest BCUT2D eigenvalue weighted by Gasteiger charge is 2.18. The second-order valence-corrected chi connectivity index (χ2v) is 5.15. The van der Waals surface area contributed by atoms with Crippen molar-refractivity contribution in [1.29, 1.82) is 0 Å². The lowest BCUT2D eigenvalue weighted by atomic mass is 10.2. The molecule has 0 heterocycles. The molecule has 2 aromatic carbocycles. The van der Waals surface area contributed by atoms with Gasteiger partial charge >= 0.3 is 12.6 Å². The predicted octanol–water partition coefficient (Wildman–Crippen LogP) is 3.15. The Morgan fingerprint density at radius 1 is 1.04 bits per heavy atom. The largest absolute Gasteiger partial charge is 0.449 e. The number of ether oxygens (including phenoxy) is 2. The molecular weight excluding hydrogens is 332 g/mol. The summed E-state index contributed by atoms with van der Waals surface area (Å²) in [5, 5.41) is 2.67. The maximum absolute atomic E-state index is 12.1. The molecule has 0 spiro atoms. The molecule has 132 valence electrons. The van der Waals surface area contributed by atoms with E-state index in [4.69, 9.17) is 4.74 Å². The Morgan fingerprint density at radius 2 is 1.68 bits per heavy atom. The number of hydrogen-bond acceptors (Lipinski definition) is 4. The fourth-order valence-electron chi connectivity index (χ4n) is 1.98. The molecule has 0 radical (unpaired) electrons. The van der Waals surface area contributed by atoms with Crippen LogP contribution in [-0.2, 0) is 16.1 Å². The lowest BCUT2D eigenvalue weighted by molar-refractivity contribution is -0.129. The summed E-state index contributed by atoms with van der Waals surface area (Å²) in [4.78, 5) is 23.9. The summed E-state index contributed by atoms with van der Waals surface area (Å²) in [7, 11) is 0. The molecule has 0 saturated heterocycles. The molecule has 0 unspecified atom stereocenters. The number of hydrogen-bond donors (Lipinski definition) is 1. The molecule has 2 rings (SSSR count). The molecule has 0 aliphatic rings. The van der Waals surface area contributed by atoms with Crippen LogP contribution in [0.2, 0.25) is 0 Å². The summed E-state index contributed by atoms with van der Waals surface area (Å²) in [6.07, 6.45) is -0.992. The normalized spacial score (nSPS) is 11.7. The van der Waals surface area contributed by atoms with Crippen molar-refractivity contribution in [2.75, 3.05) is 0 Å². The highest BCUT2D eigenvalue weighted by atomic mass is 19.3. The number of alkyl halides is 2. The number of benzene rings is 2. The van der Waals surface area contributed by atoms with E-state index >= 15 is 0 Å². The van der Waals surface area contributed by atoms with E-state index in [0.29, 0.717) is 6.54 Å². The number of halogens is 2. The Hall–Kier alpha value is -2.96. The summed E-state index contributed by atoms with van der Waals surface area (Å²) in [6, 6.07) is 14.3. The zero-order valence-electron chi connectivity index (χ0n) is 13.4. The third-order valence-electron chi connectivity index (χ3n) is 3.28. The van der Waals surface area contributed by atoms with Gasteiger partial charge in [-0.2, -0.15) is 8.78 Å². The number of carbonyl (C=O) groups excluding carboxylic acids is 2. The topological polar surface area (TPSA) is 64.6 Å². The molecule has 0 fully saturated rings. The number of nitrogens with one attached hydrogen (secondary N) is 1. The third-order valence-corrected chi connectivity index (χ3v) is 3.28. The minimum atomic E-state index is -2.94. The molecule has 0 saturated carbocycles. The summed E-state index contributed by atoms with van der Waals surface area (Å²) in [5.74, 6) is -1.24. The second kappa shape index (κ2) is 8.77. The van der Waals surface area contributed by atoms with E-state index in [2.05, 4.69) is 10.1 Å². The Bertz CT molecular complexity index is 705. The van der Waals surface area contributed by atoms with E-state index in [-0.39, 0.29) is 11.3 Å². The number of esters is 1. The molecule has 0 bridgehead atoms. The van der Waals surface area contributed by atoms with Gasteiger partial charge in [-0.25, -0.2) is 4.79 Å². The third kappa shape index (κ3) is 5.87. The van der Waals surface area contributed by atoms with Crippen LogP contribution >= 0.6 is 0 Å². The average molecular weight is 349 g/mol. The Balaban J connectivity index is 1.85. The maximum Gasteiger partial charge on any atom is 0.387 e. The van der Waals surface area contributed by atoms with E-state index in [0.717, 1.165) is 5.56 Å². The van der Waals surface area contributed by atoms with Crippen LogP contribution in [0.15, 0.2) is 54.6 Å². The first-order valence-corrected chi connectivity index (χ1v) is 7.53. The minimum Gasteiger partial charge on any atom is -0.449 e. The molecule has 7 heteroatoms. The van der Waals surface area contributed by atoms with Crippen LogP contribution in [-0.4, -0.2) is 24.6 Å². The van der Waals surface area contributed by atoms with E-state index in [1.165, 1.54) is 31.2 Å². The molecule has 2 aromatic rings. The zero-order chi connectivity index (χ0) is 18.2. The fourth-order valence-corrected chi connectivity index (χ4v) is 1.98. The van der Waals surface area contributed by atoms with E-state index in [1.54, 1.807) is 0 Å². The lowest BCUT2D eigenvalue weighted by Gasteiger charge is -2.14. The van der Waals surface area contributed by atoms with Crippen molar-refractivity contribution in [3.63, 3.8) is 0 Å². The van der Waals surface area contributed by atoms with Gasteiger partial charge in [0, 0.05) is 6.54 Å². The van der Waals surface area contributed by atoms with Crippen LogP contribution in [0.25, 0.3) is 0 Å². The van der Waals surface area contributed by atoms with Crippen molar-refractivity contribution in [2.45, 2.75) is 26.2 Å². The first-order valence-electron chi connectivity index (χ1n) is 7.53. The summed E-state index contributed by atoms with van der Waals surface area (Å²) in [6.45, 7) is -1.17. The Morgan fingerprint density at radius 3 is 2.28 bits per heavy atom. The van der Waals surface area contributed by atoms with Gasteiger partial charge in [-0.15, -0.1) is 0 Å². The van der Waals surface area contributed by atoms with Crippen LogP contribution in [0.5, 0.6) is 5.75 Å². The zero-order valence-corrected chi connectivity index (χ0v) is 13.4. The Kier molecular flexibility index (Phi) is 6.45. The molecule has 5 nitrogen and oxygen atoms in total. The van der Waals surface area contributed by atoms with Crippen molar-refractivity contribution < 1.29 is 27.8 Å². The van der Waals surface area contributed by atoms with Gasteiger partial charge in [0.1, 0.15) is 5.75 Å². The monoisotopic (exact) mass is 349 g/mol. The van der Waals surface area contributed by atoms with Crippen LogP contribution < -0.4 is 10.1 Å². The van der Waals surface area contributed by atoms with Crippen LogP contribution in [0.1, 0.15) is 22.8 Å². The SMILES string of the molecule is C[C@H](OC(=O)c1ccc(OC(F)F)cc1)C(=O)NCc1ccccc1. The molecule has 0 aliphatic heterocycles. The average Bonchev–Trinajstić information content (AvgIpc) is 2.60. The highest BCUT2D eigenvalue weighted by molar-refractivity contribution is 5.92. The van der Waals surface area contributed by atoms with Crippen LogP contribution in [0.3, 0.4) is 0 Å². The van der Waals surface area contributed by atoms with Crippen molar-refractivity contribution in [1.82, 2.24) is 5.32 Å². The van der Waals surface area contributed by atoms with Crippen LogP contribution in [0.4, 0.5) is 8.78 Å². The first kappa shape index (κ1) is 18.4. The van der Waals surface area contributed by atoms with Crippen molar-refractivity contribution >= 4 is 11.9 Å². The molecular formula is C18H17F2NO4. The van der Waals surface area contributed by atoms with Gasteiger partial charge in [0.25, 0.3) is 5.91 Å². The second-order valence-electron chi connectivity index (χ2n) is 5.15. The molecule has 1 atom stereocenters. The fraction of sp³-hybridized carbons (Fsp3) is 0.222. The van der Waals surface area contributed by atoms with Crippen LogP contribution in [0, 0.1) is 0 Å². The standard InChI is InChI=1S/C18H17F2NO4/c1-12(16(22)21-11-13-5-3-2-4-6-13)24-17(23)14-7-9-15(10-8-14)25-18(19)20/h2-10,12,18H,11H2,1H3,(H,21,22)/t12-/m0/s1. The molecule has 1 amide bonds.